The molecular weight excluding hydrogens is 246 g/mol. The number of aromatic nitrogens is 1. The molecule has 2 N–H and O–H groups in total. The Balaban J connectivity index is 2.13. The number of likely N-dealkylation sites (N-methyl/N-ethyl adjacent to an activating group) is 1. The van der Waals surface area contributed by atoms with Crippen LogP contribution in [0.15, 0.2) is 18.2 Å². The van der Waals surface area contributed by atoms with Crippen LogP contribution < -0.4 is 5.73 Å². The third kappa shape index (κ3) is 3.39. The van der Waals surface area contributed by atoms with Crippen LogP contribution in [0.3, 0.4) is 0 Å². The van der Waals surface area contributed by atoms with Gasteiger partial charge in [0, 0.05) is 24.3 Å². The summed E-state index contributed by atoms with van der Waals surface area (Å²) in [6, 6.07) is 6.29. The van der Waals surface area contributed by atoms with E-state index in [1.165, 1.54) is 31.4 Å². The van der Waals surface area contributed by atoms with Crippen molar-refractivity contribution in [3.63, 3.8) is 0 Å². The molecule has 3 heteroatoms. The van der Waals surface area contributed by atoms with Crippen LogP contribution >= 0.6 is 0 Å². The normalized spacial score (nSPS) is 26.9. The van der Waals surface area contributed by atoms with Crippen LogP contribution in [0, 0.1) is 12.8 Å². The second-order valence-electron chi connectivity index (χ2n) is 6.40. The first-order valence-electron chi connectivity index (χ1n) is 7.97. The lowest BCUT2D eigenvalue weighted by atomic mass is 9.76. The Labute approximate surface area is 123 Å². The summed E-state index contributed by atoms with van der Waals surface area (Å²) in [7, 11) is 0. The minimum Gasteiger partial charge on any atom is -0.329 e. The largest absolute Gasteiger partial charge is 0.329 e. The maximum Gasteiger partial charge on any atom is 0.0547 e. The van der Waals surface area contributed by atoms with Crippen molar-refractivity contribution in [1.82, 2.24) is 9.88 Å². The topological polar surface area (TPSA) is 42.2 Å². The van der Waals surface area contributed by atoms with Gasteiger partial charge in [0.15, 0.2) is 0 Å². The molecule has 2 rings (SSSR count). The van der Waals surface area contributed by atoms with Crippen LogP contribution in [0.2, 0.25) is 0 Å². The average molecular weight is 275 g/mol. The van der Waals surface area contributed by atoms with Gasteiger partial charge in [0.25, 0.3) is 0 Å². The minimum absolute atomic E-state index is 0.187. The molecule has 0 spiro atoms. The molecule has 0 aromatic carbocycles. The third-order valence-electron chi connectivity index (χ3n) is 4.94. The Morgan fingerprint density at radius 1 is 1.35 bits per heavy atom. The maximum absolute atomic E-state index is 6.18. The zero-order chi connectivity index (χ0) is 14.6. The quantitative estimate of drug-likeness (QED) is 0.897. The van der Waals surface area contributed by atoms with Gasteiger partial charge >= 0.3 is 0 Å². The van der Waals surface area contributed by atoms with Crippen molar-refractivity contribution in [3.05, 3.63) is 29.6 Å². The molecule has 1 saturated carbocycles. The molecule has 0 amide bonds. The van der Waals surface area contributed by atoms with Gasteiger partial charge in [-0.05, 0) is 57.2 Å². The first kappa shape index (κ1) is 15.5. The van der Waals surface area contributed by atoms with Gasteiger partial charge in [0.1, 0.15) is 0 Å². The zero-order valence-electron chi connectivity index (χ0n) is 13.2. The Morgan fingerprint density at radius 2 is 2.05 bits per heavy atom. The lowest BCUT2D eigenvalue weighted by Gasteiger charge is -2.47. The number of hydrogen-bond donors (Lipinski definition) is 1. The van der Waals surface area contributed by atoms with E-state index in [0.717, 1.165) is 31.2 Å². The van der Waals surface area contributed by atoms with E-state index in [-0.39, 0.29) is 5.54 Å². The standard InChI is InChI=1S/C17H29N3/c1-4-20(12-16-7-5-6-15(3)19-16)17(13-18)10-8-14(2)9-11-17/h5-7,14H,4,8-13,18H2,1-3H3. The summed E-state index contributed by atoms with van der Waals surface area (Å²) in [4.78, 5) is 7.21. The molecule has 20 heavy (non-hydrogen) atoms. The second kappa shape index (κ2) is 6.68. The van der Waals surface area contributed by atoms with Gasteiger partial charge in [-0.1, -0.05) is 19.9 Å². The fourth-order valence-electron chi connectivity index (χ4n) is 3.45. The van der Waals surface area contributed by atoms with Crippen LogP contribution in [0.1, 0.15) is 50.9 Å². The van der Waals surface area contributed by atoms with E-state index >= 15 is 0 Å². The molecule has 1 aromatic rings. The minimum atomic E-state index is 0.187. The third-order valence-corrected chi connectivity index (χ3v) is 4.94. The molecule has 0 aliphatic heterocycles. The lowest BCUT2D eigenvalue weighted by Crippen LogP contribution is -2.55. The SMILES string of the molecule is CCN(Cc1cccc(C)n1)C1(CN)CCC(C)CC1. The van der Waals surface area contributed by atoms with Gasteiger partial charge in [-0.3, -0.25) is 9.88 Å². The first-order chi connectivity index (χ1) is 9.59. The van der Waals surface area contributed by atoms with Crippen molar-refractivity contribution in [1.29, 1.82) is 0 Å². The number of hydrogen-bond acceptors (Lipinski definition) is 3. The van der Waals surface area contributed by atoms with E-state index in [0.29, 0.717) is 0 Å². The first-order valence-corrected chi connectivity index (χ1v) is 7.97. The van der Waals surface area contributed by atoms with Gasteiger partial charge in [-0.25, -0.2) is 0 Å². The maximum atomic E-state index is 6.18. The van der Waals surface area contributed by atoms with E-state index in [9.17, 15) is 0 Å². The highest BCUT2D eigenvalue weighted by Crippen LogP contribution is 2.36. The fraction of sp³-hybridized carbons (Fsp3) is 0.706. The van der Waals surface area contributed by atoms with Crippen LogP contribution in [0.5, 0.6) is 0 Å². The molecule has 1 heterocycles. The summed E-state index contributed by atoms with van der Waals surface area (Å²) in [5.74, 6) is 0.852. The van der Waals surface area contributed by atoms with Crippen LogP contribution in [0.25, 0.3) is 0 Å². The summed E-state index contributed by atoms with van der Waals surface area (Å²) in [6.45, 7) is 9.38. The van der Waals surface area contributed by atoms with Crippen LogP contribution in [-0.2, 0) is 6.54 Å². The summed E-state index contributed by atoms with van der Waals surface area (Å²) in [6.07, 6.45) is 5.05. The summed E-state index contributed by atoms with van der Waals surface area (Å²) in [5.41, 5.74) is 8.63. The fourth-order valence-corrected chi connectivity index (χ4v) is 3.45. The number of pyridine rings is 1. The van der Waals surface area contributed by atoms with Crippen molar-refractivity contribution in [3.8, 4) is 0 Å². The molecule has 3 nitrogen and oxygen atoms in total. The molecule has 1 aromatic heterocycles. The summed E-state index contributed by atoms with van der Waals surface area (Å²) in [5, 5.41) is 0. The molecule has 112 valence electrons. The van der Waals surface area contributed by atoms with Gasteiger partial charge < -0.3 is 5.73 Å². The molecule has 0 unspecified atom stereocenters. The number of nitrogens with zero attached hydrogens (tertiary/aromatic N) is 2. The van der Waals surface area contributed by atoms with Crippen molar-refractivity contribution < 1.29 is 0 Å². The highest BCUT2D eigenvalue weighted by Gasteiger charge is 2.37. The summed E-state index contributed by atoms with van der Waals surface area (Å²) >= 11 is 0. The molecule has 0 bridgehead atoms. The van der Waals surface area contributed by atoms with Crippen LogP contribution in [0.4, 0.5) is 0 Å². The molecule has 1 fully saturated rings. The van der Waals surface area contributed by atoms with Crippen molar-refractivity contribution in [2.24, 2.45) is 11.7 Å². The molecule has 0 saturated heterocycles. The molecule has 0 radical (unpaired) electrons. The van der Waals surface area contributed by atoms with E-state index in [2.05, 4.69) is 48.9 Å². The van der Waals surface area contributed by atoms with Gasteiger partial charge in [-0.2, -0.15) is 0 Å². The average Bonchev–Trinajstić information content (AvgIpc) is 2.46. The van der Waals surface area contributed by atoms with E-state index in [4.69, 9.17) is 5.73 Å². The Bertz CT molecular complexity index is 422. The summed E-state index contributed by atoms with van der Waals surface area (Å²) < 4.78 is 0. The zero-order valence-corrected chi connectivity index (χ0v) is 13.2. The molecular formula is C17H29N3. The molecule has 0 atom stereocenters. The highest BCUT2D eigenvalue weighted by molar-refractivity contribution is 5.11. The van der Waals surface area contributed by atoms with E-state index in [1.54, 1.807) is 0 Å². The molecule has 1 aliphatic rings. The Kier molecular flexibility index (Phi) is 5.17. The monoisotopic (exact) mass is 275 g/mol. The number of rotatable bonds is 5. The predicted molar refractivity (Wildman–Crippen MR) is 84.5 cm³/mol. The van der Waals surface area contributed by atoms with Crippen molar-refractivity contribution >= 4 is 0 Å². The Hall–Kier alpha value is -0.930. The van der Waals surface area contributed by atoms with Crippen LogP contribution in [-0.4, -0.2) is 28.5 Å². The van der Waals surface area contributed by atoms with Crippen molar-refractivity contribution in [2.45, 2.75) is 58.5 Å². The van der Waals surface area contributed by atoms with Crippen molar-refractivity contribution in [2.75, 3.05) is 13.1 Å². The second-order valence-corrected chi connectivity index (χ2v) is 6.40. The predicted octanol–water partition coefficient (Wildman–Crippen LogP) is 3.12. The molecule has 1 aliphatic carbocycles. The van der Waals surface area contributed by atoms with Gasteiger partial charge in [-0.15, -0.1) is 0 Å². The smallest absolute Gasteiger partial charge is 0.0547 e. The lowest BCUT2D eigenvalue weighted by molar-refractivity contribution is 0.0413. The van der Waals surface area contributed by atoms with Gasteiger partial charge in [0.05, 0.1) is 5.69 Å². The van der Waals surface area contributed by atoms with E-state index < -0.39 is 0 Å². The number of nitrogens with two attached hydrogens (primary N) is 1. The number of aryl methyl sites for hydroxylation is 1. The Morgan fingerprint density at radius 3 is 2.60 bits per heavy atom. The highest BCUT2D eigenvalue weighted by atomic mass is 15.2. The van der Waals surface area contributed by atoms with E-state index in [1.807, 2.05) is 0 Å². The van der Waals surface area contributed by atoms with Gasteiger partial charge in [0.2, 0.25) is 0 Å².